The Balaban J connectivity index is 1.75. The van der Waals surface area contributed by atoms with E-state index in [4.69, 9.17) is 0 Å². The van der Waals surface area contributed by atoms with Crippen LogP contribution in [0.4, 0.5) is 4.39 Å². The monoisotopic (exact) mass is 296 g/mol. The normalized spacial score (nSPS) is 11.6. The van der Waals surface area contributed by atoms with Crippen LogP contribution >= 0.6 is 0 Å². The van der Waals surface area contributed by atoms with Crippen molar-refractivity contribution in [2.24, 2.45) is 5.10 Å². The van der Waals surface area contributed by atoms with Gasteiger partial charge < -0.3 is 4.98 Å². The summed E-state index contributed by atoms with van der Waals surface area (Å²) in [5.74, 6) is -0.633. The van der Waals surface area contributed by atoms with Gasteiger partial charge in [-0.25, -0.2) is 14.8 Å². The van der Waals surface area contributed by atoms with Gasteiger partial charge in [0.25, 0.3) is 5.91 Å². The predicted octanol–water partition coefficient (Wildman–Crippen LogP) is 2.86. The Labute approximate surface area is 125 Å². The molecule has 0 bridgehead atoms. The molecular formula is C16H13FN4O. The number of aromatic amines is 1. The van der Waals surface area contributed by atoms with Gasteiger partial charge in [-0.1, -0.05) is 12.1 Å². The fraction of sp³-hybridized carbons (Fsp3) is 0.0625. The van der Waals surface area contributed by atoms with E-state index in [0.29, 0.717) is 11.3 Å². The van der Waals surface area contributed by atoms with Crippen LogP contribution in [-0.2, 0) is 0 Å². The molecule has 110 valence electrons. The average Bonchev–Trinajstić information content (AvgIpc) is 3.00. The van der Waals surface area contributed by atoms with Crippen LogP contribution in [0.3, 0.4) is 0 Å². The number of fused-ring (bicyclic) bond motifs is 1. The lowest BCUT2D eigenvalue weighted by Gasteiger charge is -2.03. The molecule has 2 N–H and O–H groups in total. The van der Waals surface area contributed by atoms with Crippen LogP contribution in [0, 0.1) is 5.82 Å². The quantitative estimate of drug-likeness (QED) is 0.576. The van der Waals surface area contributed by atoms with Crippen LogP contribution < -0.4 is 5.43 Å². The summed E-state index contributed by atoms with van der Waals surface area (Å²) in [6.07, 6.45) is 1.57. The number of nitrogens with one attached hydrogen (secondary N) is 2. The van der Waals surface area contributed by atoms with E-state index in [1.807, 2.05) is 0 Å². The van der Waals surface area contributed by atoms with Crippen LogP contribution in [0.25, 0.3) is 11.0 Å². The predicted molar refractivity (Wildman–Crippen MR) is 82.2 cm³/mol. The molecule has 6 heteroatoms. The van der Waals surface area contributed by atoms with E-state index in [2.05, 4.69) is 20.5 Å². The smallest absolute Gasteiger partial charge is 0.271 e. The van der Waals surface area contributed by atoms with Crippen molar-refractivity contribution in [1.82, 2.24) is 15.4 Å². The Bertz CT molecular complexity index is 852. The second-order valence-electron chi connectivity index (χ2n) is 4.78. The van der Waals surface area contributed by atoms with Crippen LogP contribution in [0.5, 0.6) is 0 Å². The van der Waals surface area contributed by atoms with Gasteiger partial charge in [0.2, 0.25) is 0 Å². The number of hydrogen-bond donors (Lipinski definition) is 2. The largest absolute Gasteiger partial charge is 0.345 e. The molecule has 0 radical (unpaired) electrons. The number of aromatic nitrogens is 2. The van der Waals surface area contributed by atoms with E-state index >= 15 is 0 Å². The Kier molecular flexibility index (Phi) is 3.65. The van der Waals surface area contributed by atoms with Crippen LogP contribution in [0.2, 0.25) is 0 Å². The van der Waals surface area contributed by atoms with Gasteiger partial charge in [0.15, 0.2) is 0 Å². The summed E-state index contributed by atoms with van der Waals surface area (Å²) in [6, 6.07) is 11.1. The topological polar surface area (TPSA) is 70.1 Å². The highest BCUT2D eigenvalue weighted by atomic mass is 19.1. The Morgan fingerprint density at radius 3 is 2.68 bits per heavy atom. The fourth-order valence-corrected chi connectivity index (χ4v) is 2.03. The molecule has 0 saturated carbocycles. The average molecular weight is 296 g/mol. The number of benzene rings is 2. The molecule has 3 rings (SSSR count). The van der Waals surface area contributed by atoms with Crippen molar-refractivity contribution >= 4 is 22.7 Å². The van der Waals surface area contributed by atoms with E-state index in [-0.39, 0.29) is 11.7 Å². The highest BCUT2D eigenvalue weighted by Crippen LogP contribution is 2.11. The zero-order valence-corrected chi connectivity index (χ0v) is 11.8. The van der Waals surface area contributed by atoms with Gasteiger partial charge in [-0.2, -0.15) is 5.10 Å². The standard InChI is InChI=1S/C16H13FN4O/c1-10(11-2-5-13(17)6-3-11)20-21-16(22)12-4-7-14-15(8-12)19-9-18-14/h2-9H,1H3,(H,18,19)(H,21,22)/b20-10-. The molecule has 0 aliphatic heterocycles. The molecule has 0 saturated heterocycles. The molecular weight excluding hydrogens is 283 g/mol. The maximum atomic E-state index is 12.9. The molecule has 0 unspecified atom stereocenters. The van der Waals surface area contributed by atoms with Crippen LogP contribution in [0.15, 0.2) is 53.9 Å². The van der Waals surface area contributed by atoms with E-state index in [1.54, 1.807) is 43.6 Å². The number of rotatable bonds is 3. The van der Waals surface area contributed by atoms with Crippen molar-refractivity contribution in [3.05, 3.63) is 65.7 Å². The van der Waals surface area contributed by atoms with E-state index in [9.17, 15) is 9.18 Å². The molecule has 1 aromatic heterocycles. The number of carbonyl (C=O) groups is 1. The minimum absolute atomic E-state index is 0.312. The third-order valence-corrected chi connectivity index (χ3v) is 3.27. The summed E-state index contributed by atoms with van der Waals surface area (Å²) in [7, 11) is 0. The SMILES string of the molecule is C/C(=N/NC(=O)c1ccc2nc[nH]c2c1)c1ccc(F)cc1. The van der Waals surface area contributed by atoms with E-state index in [0.717, 1.165) is 16.6 Å². The number of imidazole rings is 1. The molecule has 5 nitrogen and oxygen atoms in total. The first kappa shape index (κ1) is 13.9. The molecule has 0 aliphatic carbocycles. The van der Waals surface area contributed by atoms with Crippen molar-refractivity contribution < 1.29 is 9.18 Å². The van der Waals surface area contributed by atoms with Gasteiger partial charge in [0.1, 0.15) is 5.82 Å². The zero-order valence-electron chi connectivity index (χ0n) is 11.8. The minimum Gasteiger partial charge on any atom is -0.345 e. The summed E-state index contributed by atoms with van der Waals surface area (Å²) < 4.78 is 12.9. The summed E-state index contributed by atoms with van der Waals surface area (Å²) >= 11 is 0. The maximum Gasteiger partial charge on any atom is 0.271 e. The highest BCUT2D eigenvalue weighted by molar-refractivity contribution is 6.01. The van der Waals surface area contributed by atoms with Crippen LogP contribution in [-0.4, -0.2) is 21.6 Å². The third kappa shape index (κ3) is 2.85. The Morgan fingerprint density at radius 2 is 1.91 bits per heavy atom. The number of hydrazone groups is 1. The summed E-state index contributed by atoms with van der Waals surface area (Å²) in [5, 5.41) is 4.04. The highest BCUT2D eigenvalue weighted by Gasteiger charge is 2.07. The molecule has 0 fully saturated rings. The molecule has 0 atom stereocenters. The summed E-state index contributed by atoms with van der Waals surface area (Å²) in [6.45, 7) is 1.74. The Hall–Kier alpha value is -3.02. The zero-order chi connectivity index (χ0) is 15.5. The summed E-state index contributed by atoms with van der Waals surface area (Å²) in [5.41, 5.74) is 5.88. The first-order chi connectivity index (χ1) is 10.6. The van der Waals surface area contributed by atoms with Crippen molar-refractivity contribution in [3.8, 4) is 0 Å². The van der Waals surface area contributed by atoms with Crippen molar-refractivity contribution in [2.75, 3.05) is 0 Å². The van der Waals surface area contributed by atoms with Gasteiger partial charge in [-0.05, 0) is 42.8 Å². The van der Waals surface area contributed by atoms with Crippen LogP contribution in [0.1, 0.15) is 22.8 Å². The third-order valence-electron chi connectivity index (χ3n) is 3.27. The fourth-order valence-electron chi connectivity index (χ4n) is 2.03. The number of amides is 1. The molecule has 1 heterocycles. The molecule has 22 heavy (non-hydrogen) atoms. The van der Waals surface area contributed by atoms with E-state index in [1.165, 1.54) is 12.1 Å². The van der Waals surface area contributed by atoms with Gasteiger partial charge in [0.05, 0.1) is 23.1 Å². The second-order valence-corrected chi connectivity index (χ2v) is 4.78. The van der Waals surface area contributed by atoms with Crippen molar-refractivity contribution in [1.29, 1.82) is 0 Å². The lowest BCUT2D eigenvalue weighted by molar-refractivity contribution is 0.0955. The van der Waals surface area contributed by atoms with Gasteiger partial charge in [0, 0.05) is 5.56 Å². The number of halogens is 1. The summed E-state index contributed by atoms with van der Waals surface area (Å²) in [4.78, 5) is 19.1. The maximum absolute atomic E-state index is 12.9. The van der Waals surface area contributed by atoms with Crippen molar-refractivity contribution in [2.45, 2.75) is 6.92 Å². The Morgan fingerprint density at radius 1 is 1.18 bits per heavy atom. The molecule has 0 spiro atoms. The number of carbonyl (C=O) groups excluding carboxylic acids is 1. The minimum atomic E-state index is -0.321. The lowest BCUT2D eigenvalue weighted by atomic mass is 10.1. The molecule has 3 aromatic rings. The lowest BCUT2D eigenvalue weighted by Crippen LogP contribution is -2.19. The van der Waals surface area contributed by atoms with E-state index < -0.39 is 0 Å². The number of hydrogen-bond acceptors (Lipinski definition) is 3. The second kappa shape index (κ2) is 5.77. The molecule has 0 aliphatic rings. The first-order valence-corrected chi connectivity index (χ1v) is 6.67. The van der Waals surface area contributed by atoms with Gasteiger partial charge >= 0.3 is 0 Å². The molecule has 1 amide bonds. The number of nitrogens with zero attached hydrogens (tertiary/aromatic N) is 2. The number of H-pyrrole nitrogens is 1. The van der Waals surface area contributed by atoms with Crippen molar-refractivity contribution in [3.63, 3.8) is 0 Å². The van der Waals surface area contributed by atoms with Gasteiger partial charge in [-0.15, -0.1) is 0 Å². The molecule has 2 aromatic carbocycles. The first-order valence-electron chi connectivity index (χ1n) is 6.67. The van der Waals surface area contributed by atoms with Gasteiger partial charge in [-0.3, -0.25) is 4.79 Å².